The first-order chi connectivity index (χ1) is 6.17. The first-order valence-corrected chi connectivity index (χ1v) is 4.61. The van der Waals surface area contributed by atoms with E-state index in [0.29, 0.717) is 0 Å². The minimum Gasteiger partial charge on any atom is -0.376 e. The third kappa shape index (κ3) is 2.46. The molecule has 1 rings (SSSR count). The third-order valence-electron chi connectivity index (χ3n) is 2.12. The standard InChI is InChI=1S/C11H17NO/c1-4-12(8-13)11-6-9(2)5-10(3)7-11/h5-7,13H,4,8H2,1-3H3. The monoisotopic (exact) mass is 179 g/mol. The molecule has 0 saturated carbocycles. The lowest BCUT2D eigenvalue weighted by Gasteiger charge is -2.20. The Labute approximate surface area is 79.8 Å². The van der Waals surface area contributed by atoms with Crippen LogP contribution in [0.1, 0.15) is 18.1 Å². The number of hydrogen-bond donors (Lipinski definition) is 1. The number of aryl methyl sites for hydroxylation is 2. The van der Waals surface area contributed by atoms with Crippen molar-refractivity contribution in [1.29, 1.82) is 0 Å². The number of benzene rings is 1. The Balaban J connectivity index is 2.99. The molecule has 0 fully saturated rings. The highest BCUT2D eigenvalue weighted by atomic mass is 16.3. The summed E-state index contributed by atoms with van der Waals surface area (Å²) in [6, 6.07) is 6.31. The summed E-state index contributed by atoms with van der Waals surface area (Å²) in [7, 11) is 0. The summed E-state index contributed by atoms with van der Waals surface area (Å²) in [5.41, 5.74) is 3.58. The van der Waals surface area contributed by atoms with Crippen LogP contribution >= 0.6 is 0 Å². The summed E-state index contributed by atoms with van der Waals surface area (Å²) in [5.74, 6) is 0. The van der Waals surface area contributed by atoms with Crippen molar-refractivity contribution in [2.45, 2.75) is 20.8 Å². The number of rotatable bonds is 3. The molecule has 72 valence electrons. The number of hydrogen-bond acceptors (Lipinski definition) is 2. The minimum atomic E-state index is 0.0827. The van der Waals surface area contributed by atoms with E-state index < -0.39 is 0 Å². The van der Waals surface area contributed by atoms with Gasteiger partial charge in [0, 0.05) is 12.2 Å². The molecule has 0 bridgehead atoms. The quantitative estimate of drug-likeness (QED) is 0.718. The van der Waals surface area contributed by atoms with Gasteiger partial charge in [-0.25, -0.2) is 0 Å². The Morgan fingerprint density at radius 1 is 1.15 bits per heavy atom. The Bertz CT molecular complexity index is 259. The van der Waals surface area contributed by atoms with Crippen molar-refractivity contribution in [1.82, 2.24) is 0 Å². The first-order valence-electron chi connectivity index (χ1n) is 4.61. The zero-order valence-electron chi connectivity index (χ0n) is 8.54. The first kappa shape index (κ1) is 10.1. The summed E-state index contributed by atoms with van der Waals surface area (Å²) in [4.78, 5) is 1.93. The van der Waals surface area contributed by atoms with Crippen LogP contribution in [0.5, 0.6) is 0 Å². The van der Waals surface area contributed by atoms with E-state index in [-0.39, 0.29) is 6.73 Å². The van der Waals surface area contributed by atoms with E-state index >= 15 is 0 Å². The second-order valence-electron chi connectivity index (χ2n) is 3.34. The zero-order valence-corrected chi connectivity index (χ0v) is 8.54. The lowest BCUT2D eigenvalue weighted by molar-refractivity contribution is 0.293. The van der Waals surface area contributed by atoms with Gasteiger partial charge in [-0.1, -0.05) is 6.07 Å². The van der Waals surface area contributed by atoms with E-state index in [1.807, 2.05) is 11.8 Å². The Kier molecular flexibility index (Phi) is 3.32. The number of aliphatic hydroxyl groups excluding tert-OH is 1. The number of nitrogens with zero attached hydrogens (tertiary/aromatic N) is 1. The molecule has 2 nitrogen and oxygen atoms in total. The zero-order chi connectivity index (χ0) is 9.84. The minimum absolute atomic E-state index is 0.0827. The third-order valence-corrected chi connectivity index (χ3v) is 2.12. The topological polar surface area (TPSA) is 23.5 Å². The van der Waals surface area contributed by atoms with Gasteiger partial charge in [-0.15, -0.1) is 0 Å². The van der Waals surface area contributed by atoms with E-state index in [1.165, 1.54) is 11.1 Å². The van der Waals surface area contributed by atoms with Gasteiger partial charge in [0.25, 0.3) is 0 Å². The smallest absolute Gasteiger partial charge is 0.115 e. The van der Waals surface area contributed by atoms with Crippen LogP contribution in [0.15, 0.2) is 18.2 Å². The van der Waals surface area contributed by atoms with Crippen LogP contribution in [0.25, 0.3) is 0 Å². The van der Waals surface area contributed by atoms with Gasteiger partial charge >= 0.3 is 0 Å². The molecule has 1 aromatic carbocycles. The lowest BCUT2D eigenvalue weighted by Crippen LogP contribution is -2.23. The van der Waals surface area contributed by atoms with Gasteiger partial charge in [-0.05, 0) is 44.0 Å². The van der Waals surface area contributed by atoms with E-state index in [4.69, 9.17) is 5.11 Å². The van der Waals surface area contributed by atoms with Crippen LogP contribution in [0.3, 0.4) is 0 Å². The van der Waals surface area contributed by atoms with Gasteiger partial charge in [0.15, 0.2) is 0 Å². The molecule has 0 unspecified atom stereocenters. The Morgan fingerprint density at radius 3 is 2.08 bits per heavy atom. The molecule has 0 heterocycles. The van der Waals surface area contributed by atoms with E-state index in [9.17, 15) is 0 Å². The van der Waals surface area contributed by atoms with Crippen LogP contribution in [0, 0.1) is 13.8 Å². The van der Waals surface area contributed by atoms with Crippen molar-refractivity contribution in [3.8, 4) is 0 Å². The van der Waals surface area contributed by atoms with Crippen molar-refractivity contribution >= 4 is 5.69 Å². The van der Waals surface area contributed by atoms with Crippen LogP contribution in [-0.2, 0) is 0 Å². The molecule has 0 saturated heterocycles. The van der Waals surface area contributed by atoms with Crippen molar-refractivity contribution in [2.75, 3.05) is 18.2 Å². The normalized spacial score (nSPS) is 10.2. The maximum atomic E-state index is 9.09. The van der Waals surface area contributed by atoms with Crippen molar-refractivity contribution in [2.24, 2.45) is 0 Å². The molecule has 0 aliphatic carbocycles. The molecule has 0 radical (unpaired) electrons. The van der Waals surface area contributed by atoms with E-state index in [1.54, 1.807) is 0 Å². The highest BCUT2D eigenvalue weighted by Crippen LogP contribution is 2.17. The average Bonchev–Trinajstić information content (AvgIpc) is 2.04. The fraction of sp³-hybridized carbons (Fsp3) is 0.455. The Morgan fingerprint density at radius 2 is 1.69 bits per heavy atom. The molecule has 1 aromatic rings. The Hall–Kier alpha value is -1.02. The molecule has 0 amide bonds. The van der Waals surface area contributed by atoms with Gasteiger partial charge < -0.3 is 10.0 Å². The van der Waals surface area contributed by atoms with Gasteiger partial charge in [-0.3, -0.25) is 0 Å². The van der Waals surface area contributed by atoms with Crippen LogP contribution < -0.4 is 4.90 Å². The number of aliphatic hydroxyl groups is 1. The highest BCUT2D eigenvalue weighted by Gasteiger charge is 2.02. The molecule has 2 heteroatoms. The molecule has 0 aliphatic rings. The van der Waals surface area contributed by atoms with E-state index in [2.05, 4.69) is 32.0 Å². The lowest BCUT2D eigenvalue weighted by atomic mass is 10.1. The van der Waals surface area contributed by atoms with Crippen LogP contribution in [0.2, 0.25) is 0 Å². The summed E-state index contributed by atoms with van der Waals surface area (Å²) in [6.07, 6.45) is 0. The van der Waals surface area contributed by atoms with Crippen molar-refractivity contribution in [3.05, 3.63) is 29.3 Å². The second-order valence-corrected chi connectivity index (χ2v) is 3.34. The summed E-state index contributed by atoms with van der Waals surface area (Å²) in [5, 5.41) is 9.09. The maximum Gasteiger partial charge on any atom is 0.115 e. The average molecular weight is 179 g/mol. The van der Waals surface area contributed by atoms with Crippen LogP contribution in [0.4, 0.5) is 5.69 Å². The largest absolute Gasteiger partial charge is 0.376 e. The molecular formula is C11H17NO. The van der Waals surface area contributed by atoms with Gasteiger partial charge in [0.05, 0.1) is 0 Å². The maximum absolute atomic E-state index is 9.09. The molecule has 0 aliphatic heterocycles. The molecule has 1 N–H and O–H groups in total. The van der Waals surface area contributed by atoms with E-state index in [0.717, 1.165) is 12.2 Å². The highest BCUT2D eigenvalue weighted by molar-refractivity contribution is 5.50. The molecule has 0 spiro atoms. The fourth-order valence-electron chi connectivity index (χ4n) is 1.50. The van der Waals surface area contributed by atoms with Crippen molar-refractivity contribution < 1.29 is 5.11 Å². The fourth-order valence-corrected chi connectivity index (χ4v) is 1.50. The molecular weight excluding hydrogens is 162 g/mol. The van der Waals surface area contributed by atoms with Crippen molar-refractivity contribution in [3.63, 3.8) is 0 Å². The molecule has 0 aromatic heterocycles. The second kappa shape index (κ2) is 4.28. The van der Waals surface area contributed by atoms with Gasteiger partial charge in [0.1, 0.15) is 6.73 Å². The summed E-state index contributed by atoms with van der Waals surface area (Å²) < 4.78 is 0. The SMILES string of the molecule is CCN(CO)c1cc(C)cc(C)c1. The van der Waals surface area contributed by atoms with Gasteiger partial charge in [-0.2, -0.15) is 0 Å². The van der Waals surface area contributed by atoms with Crippen LogP contribution in [-0.4, -0.2) is 18.4 Å². The predicted octanol–water partition coefficient (Wildman–Crippen LogP) is 2.08. The molecule has 0 atom stereocenters. The number of anilines is 1. The predicted molar refractivity (Wildman–Crippen MR) is 56.0 cm³/mol. The molecule has 13 heavy (non-hydrogen) atoms. The van der Waals surface area contributed by atoms with Gasteiger partial charge in [0.2, 0.25) is 0 Å². The summed E-state index contributed by atoms with van der Waals surface area (Å²) in [6.45, 7) is 7.09. The summed E-state index contributed by atoms with van der Waals surface area (Å²) >= 11 is 0.